The fourth-order valence-corrected chi connectivity index (χ4v) is 7.08. The number of anilines is 4. The second-order valence-corrected chi connectivity index (χ2v) is 13.6. The average molecular weight is 715 g/mol. The number of nitrogens with two attached hydrogens (primary N) is 1. The van der Waals surface area contributed by atoms with E-state index < -0.39 is 18.4 Å². The van der Waals surface area contributed by atoms with Crippen molar-refractivity contribution < 1.29 is 13.5 Å². The lowest BCUT2D eigenvalue weighted by atomic mass is 10.0. The van der Waals surface area contributed by atoms with Gasteiger partial charge in [-0.2, -0.15) is 19.9 Å². The van der Waals surface area contributed by atoms with Crippen LogP contribution in [0, 0.1) is 33.6 Å². The summed E-state index contributed by atoms with van der Waals surface area (Å²) in [5, 5.41) is 14.2. The number of likely N-dealkylation sites (tertiary alicyclic amines) is 1. The molecular formula is C37H48F2N12O. The first kappa shape index (κ1) is 36.8. The molecule has 2 aliphatic rings. The van der Waals surface area contributed by atoms with E-state index in [0.29, 0.717) is 47.4 Å². The number of nitrogen functional groups attached to an aromatic ring is 1. The Morgan fingerprint density at radius 1 is 0.865 bits per heavy atom. The molecule has 0 amide bonds. The molecule has 6 N–H and O–H groups in total. The summed E-state index contributed by atoms with van der Waals surface area (Å²) < 4.78 is 31.6. The van der Waals surface area contributed by atoms with Gasteiger partial charge in [0, 0.05) is 62.8 Å². The summed E-state index contributed by atoms with van der Waals surface area (Å²) in [5.41, 5.74) is 12.5. The van der Waals surface area contributed by atoms with Crippen LogP contribution in [0.25, 0.3) is 22.1 Å². The van der Waals surface area contributed by atoms with Crippen molar-refractivity contribution in [2.24, 2.45) is 5.92 Å². The van der Waals surface area contributed by atoms with Crippen LogP contribution >= 0.6 is 0 Å². The molecule has 15 heteroatoms. The highest BCUT2D eigenvalue weighted by molar-refractivity contribution is 5.91. The minimum atomic E-state index is -2.38. The lowest BCUT2D eigenvalue weighted by Crippen LogP contribution is -2.39. The number of methoxy groups -OCH3 is 1. The smallest absolute Gasteiger partial charge is 0.244 e. The molecule has 0 radical (unpaired) electrons. The predicted octanol–water partition coefficient (Wildman–Crippen LogP) is 5.26. The Labute approximate surface area is 302 Å². The highest BCUT2D eigenvalue weighted by Crippen LogP contribution is 2.28. The summed E-state index contributed by atoms with van der Waals surface area (Å²) in [7, 11) is 3.49. The number of benzene rings is 1. The van der Waals surface area contributed by atoms with Crippen molar-refractivity contribution in [3.63, 3.8) is 0 Å². The number of fused-ring (bicyclic) bond motifs is 2. The number of hydrogen-bond donors (Lipinski definition) is 5. The number of piperidine rings is 1. The summed E-state index contributed by atoms with van der Waals surface area (Å²) in [4.78, 5) is 29.4. The van der Waals surface area contributed by atoms with E-state index in [1.165, 1.54) is 5.56 Å². The van der Waals surface area contributed by atoms with Crippen LogP contribution in [-0.2, 0) is 6.54 Å². The molecular weight excluding hydrogens is 666 g/mol. The molecule has 2 aliphatic heterocycles. The fraction of sp³-hybridized carbons (Fsp3) is 0.459. The van der Waals surface area contributed by atoms with Crippen molar-refractivity contribution in [3.05, 3.63) is 64.5 Å². The Morgan fingerprint density at radius 3 is 2.15 bits per heavy atom. The van der Waals surface area contributed by atoms with Crippen LogP contribution in [0.4, 0.5) is 32.3 Å². The number of nitrogens with one attached hydrogen (secondary N) is 4. The summed E-state index contributed by atoms with van der Waals surface area (Å²) in [6.07, 6.45) is -0.331. The molecule has 4 aromatic heterocycles. The number of rotatable bonds is 9. The molecule has 0 saturated carbocycles. The first-order valence-corrected chi connectivity index (χ1v) is 17.6. The van der Waals surface area contributed by atoms with Crippen molar-refractivity contribution >= 4 is 45.6 Å². The van der Waals surface area contributed by atoms with Gasteiger partial charge < -0.3 is 31.7 Å². The Morgan fingerprint density at radius 2 is 1.50 bits per heavy atom. The van der Waals surface area contributed by atoms with Crippen LogP contribution in [0.1, 0.15) is 40.9 Å². The molecule has 2 unspecified atom stereocenters. The molecule has 7 rings (SSSR count). The first-order valence-electron chi connectivity index (χ1n) is 17.6. The number of para-hydroxylation sites is 1. The van der Waals surface area contributed by atoms with Gasteiger partial charge in [-0.15, -0.1) is 0 Å². The van der Waals surface area contributed by atoms with Gasteiger partial charge in [-0.25, -0.2) is 18.7 Å². The van der Waals surface area contributed by atoms with E-state index in [4.69, 9.17) is 10.5 Å². The molecule has 13 nitrogen and oxygen atoms in total. The highest BCUT2D eigenvalue weighted by Gasteiger charge is 2.34. The molecule has 5 aromatic rings. The van der Waals surface area contributed by atoms with E-state index in [9.17, 15) is 8.78 Å². The van der Waals surface area contributed by atoms with Gasteiger partial charge in [0.2, 0.25) is 18.3 Å². The molecule has 0 bridgehead atoms. The Hall–Kier alpha value is -5.02. The van der Waals surface area contributed by atoms with Gasteiger partial charge in [0.05, 0.1) is 29.8 Å². The van der Waals surface area contributed by atoms with Crippen molar-refractivity contribution in [2.75, 3.05) is 62.0 Å². The van der Waals surface area contributed by atoms with Crippen molar-refractivity contribution in [1.29, 1.82) is 0 Å². The Kier molecular flexibility index (Phi) is 11.4. The zero-order valence-corrected chi connectivity index (χ0v) is 30.6. The molecule has 0 spiro atoms. The van der Waals surface area contributed by atoms with Gasteiger partial charge in [0.15, 0.2) is 11.3 Å². The standard InChI is InChI=1S/C22H28N6O.C15H20F2N6/c1-14-12-15(2)24-21-19(14)20(23)26-22(27-21)25-17-8-10-28(11-9-17)13-16-6-4-5-7-18(16)29-3;1-7-4-8(2)20-14-11(7)13(18-3)22-15(23-14)21-10-6-19-5-9(10)12(16)17/h4-7,12,17H,8-11,13H2,1-3H3,(H3,23,24,25,26,27);4,9-10,12,19H,5-6H2,1-3H3,(H2,18,20,21,22,23). The van der Waals surface area contributed by atoms with Crippen molar-refractivity contribution in [2.45, 2.75) is 65.6 Å². The van der Waals surface area contributed by atoms with Gasteiger partial charge in [0.25, 0.3) is 0 Å². The van der Waals surface area contributed by atoms with E-state index in [2.05, 4.69) is 68.2 Å². The van der Waals surface area contributed by atoms with Gasteiger partial charge >= 0.3 is 0 Å². The number of alkyl halides is 2. The molecule has 0 aliphatic carbocycles. The number of aromatic nitrogens is 6. The minimum Gasteiger partial charge on any atom is -0.496 e. The average Bonchev–Trinajstić information content (AvgIpc) is 3.57. The van der Waals surface area contributed by atoms with Crippen LogP contribution in [-0.4, -0.2) is 93.6 Å². The summed E-state index contributed by atoms with van der Waals surface area (Å²) in [6, 6.07) is 12.1. The highest BCUT2D eigenvalue weighted by atomic mass is 19.3. The number of ether oxygens (including phenoxy) is 1. The third-order valence-corrected chi connectivity index (χ3v) is 9.66. The van der Waals surface area contributed by atoms with Gasteiger partial charge in [-0.3, -0.25) is 4.90 Å². The van der Waals surface area contributed by atoms with Crippen molar-refractivity contribution in [1.82, 2.24) is 40.1 Å². The second-order valence-electron chi connectivity index (χ2n) is 13.6. The second kappa shape index (κ2) is 16.1. The molecule has 2 saturated heterocycles. The van der Waals surface area contributed by atoms with Crippen LogP contribution in [0.2, 0.25) is 0 Å². The normalized spacial score (nSPS) is 18.0. The van der Waals surface area contributed by atoms with Gasteiger partial charge in [0.1, 0.15) is 17.4 Å². The predicted molar refractivity (Wildman–Crippen MR) is 202 cm³/mol. The van der Waals surface area contributed by atoms with Crippen LogP contribution in [0.3, 0.4) is 0 Å². The van der Waals surface area contributed by atoms with Crippen LogP contribution in [0.15, 0.2) is 36.4 Å². The number of hydrogen-bond acceptors (Lipinski definition) is 13. The van der Waals surface area contributed by atoms with Crippen molar-refractivity contribution in [3.8, 4) is 5.75 Å². The number of pyridine rings is 2. The lowest BCUT2D eigenvalue weighted by molar-refractivity contribution is 0.0825. The fourth-order valence-electron chi connectivity index (χ4n) is 7.08. The van der Waals surface area contributed by atoms with E-state index in [1.807, 2.05) is 52.0 Å². The zero-order valence-electron chi connectivity index (χ0n) is 30.6. The third kappa shape index (κ3) is 8.37. The topological polar surface area (TPSA) is 164 Å². The Bertz CT molecular complexity index is 2020. The van der Waals surface area contributed by atoms with Gasteiger partial charge in [-0.05, 0) is 69.9 Å². The lowest BCUT2D eigenvalue weighted by Gasteiger charge is -2.32. The third-order valence-electron chi connectivity index (χ3n) is 9.66. The maximum absolute atomic E-state index is 13.1. The summed E-state index contributed by atoms with van der Waals surface area (Å²) >= 11 is 0. The van der Waals surface area contributed by atoms with E-state index in [-0.39, 0.29) is 6.54 Å². The molecule has 6 heterocycles. The maximum Gasteiger partial charge on any atom is 0.244 e. The molecule has 2 atom stereocenters. The summed E-state index contributed by atoms with van der Waals surface area (Å²) in [6.45, 7) is 11.5. The molecule has 1 aromatic carbocycles. The largest absolute Gasteiger partial charge is 0.496 e. The number of halogens is 2. The van der Waals surface area contributed by atoms with Crippen LogP contribution < -0.4 is 31.7 Å². The quantitative estimate of drug-likeness (QED) is 0.135. The molecule has 276 valence electrons. The minimum absolute atomic E-state index is 0.290. The van der Waals surface area contributed by atoms with Crippen LogP contribution in [0.5, 0.6) is 5.75 Å². The molecule has 2 fully saturated rings. The Balaban J connectivity index is 0.000000183. The SMILES string of the molecule is CNc1nc(NC2CNCC2C(F)F)nc2nc(C)cc(C)c12.COc1ccccc1CN1CCC(Nc2nc(N)c3c(C)cc(C)nc3n2)CC1. The first-order chi connectivity index (χ1) is 25.0. The molecule has 52 heavy (non-hydrogen) atoms. The van der Waals surface area contributed by atoms with Gasteiger partial charge in [-0.1, -0.05) is 18.2 Å². The van der Waals surface area contributed by atoms with E-state index in [1.54, 1.807) is 14.2 Å². The number of nitrogens with zero attached hydrogens (tertiary/aromatic N) is 7. The zero-order chi connectivity index (χ0) is 36.9. The monoisotopic (exact) mass is 714 g/mol. The number of aryl methyl sites for hydroxylation is 4. The maximum atomic E-state index is 13.1. The summed E-state index contributed by atoms with van der Waals surface area (Å²) in [5.74, 6) is 2.21. The van der Waals surface area contributed by atoms with E-state index in [0.717, 1.165) is 71.5 Å². The van der Waals surface area contributed by atoms with E-state index >= 15 is 0 Å².